The lowest BCUT2D eigenvalue weighted by Gasteiger charge is -2.24. The van der Waals surface area contributed by atoms with Crippen molar-refractivity contribution < 1.29 is 17.9 Å². The first-order valence-electron chi connectivity index (χ1n) is 8.36. The number of carbonyl (C=O) groups excluding carboxylic acids is 1. The van der Waals surface area contributed by atoms with Gasteiger partial charge in [-0.05, 0) is 43.0 Å². The molecule has 9 heteroatoms. The monoisotopic (exact) mass is 395 g/mol. The van der Waals surface area contributed by atoms with E-state index in [1.807, 2.05) is 12.1 Å². The maximum Gasteiger partial charge on any atom is 0.258 e. The van der Waals surface area contributed by atoms with Crippen LogP contribution in [0.3, 0.4) is 0 Å². The molecule has 1 aliphatic heterocycles. The Kier molecular flexibility index (Phi) is 6.02. The molecular formula is C17H21N3O4S2. The summed E-state index contributed by atoms with van der Waals surface area (Å²) in [6.07, 6.45) is 5.63. The molecule has 2 aromatic heterocycles. The molecule has 0 saturated carbocycles. The number of rotatable bonds is 8. The largest absolute Gasteiger partial charge is 0.377 e. The minimum absolute atomic E-state index is 0.100. The van der Waals surface area contributed by atoms with Gasteiger partial charge in [-0.1, -0.05) is 0 Å². The van der Waals surface area contributed by atoms with E-state index in [9.17, 15) is 13.2 Å². The van der Waals surface area contributed by atoms with E-state index in [0.29, 0.717) is 26.1 Å². The molecule has 2 N–H and O–H groups in total. The third kappa shape index (κ3) is 4.47. The molecule has 7 nitrogen and oxygen atoms in total. The third-order valence-corrected chi connectivity index (χ3v) is 7.22. The van der Waals surface area contributed by atoms with E-state index in [1.54, 1.807) is 12.4 Å². The number of carbonyl (C=O) groups is 1. The first kappa shape index (κ1) is 19.0. The van der Waals surface area contributed by atoms with Gasteiger partial charge >= 0.3 is 0 Å². The van der Waals surface area contributed by atoms with Crippen LogP contribution < -0.4 is 5.73 Å². The summed E-state index contributed by atoms with van der Waals surface area (Å²) in [5, 5.41) is 1.46. The maximum atomic E-state index is 13.1. The van der Waals surface area contributed by atoms with Gasteiger partial charge in [-0.25, -0.2) is 8.42 Å². The van der Waals surface area contributed by atoms with Gasteiger partial charge in [-0.2, -0.15) is 4.31 Å². The molecule has 26 heavy (non-hydrogen) atoms. The lowest BCUT2D eigenvalue weighted by molar-refractivity contribution is 0.0939. The predicted octanol–water partition coefficient (Wildman–Crippen LogP) is 1.65. The number of nitrogens with zero attached hydrogens (tertiary/aromatic N) is 2. The fourth-order valence-electron chi connectivity index (χ4n) is 2.86. The molecule has 3 heterocycles. The number of aromatic nitrogens is 1. The second-order valence-electron chi connectivity index (χ2n) is 6.11. The Labute approximate surface area is 156 Å². The number of amides is 1. The molecule has 1 aliphatic rings. The van der Waals surface area contributed by atoms with Crippen LogP contribution in [0.1, 0.15) is 28.1 Å². The molecule has 1 amide bonds. The Bertz CT molecular complexity index is 846. The zero-order valence-electron chi connectivity index (χ0n) is 14.2. The number of nitrogens with two attached hydrogens (primary N) is 1. The van der Waals surface area contributed by atoms with E-state index in [0.717, 1.165) is 29.7 Å². The van der Waals surface area contributed by atoms with Gasteiger partial charge in [0.25, 0.3) is 5.91 Å². The first-order chi connectivity index (χ1) is 12.5. The Hall–Kier alpha value is -1.81. The summed E-state index contributed by atoms with van der Waals surface area (Å²) in [4.78, 5) is 15.6. The summed E-state index contributed by atoms with van der Waals surface area (Å²) in [5.41, 5.74) is 6.26. The van der Waals surface area contributed by atoms with Gasteiger partial charge in [0.15, 0.2) is 0 Å². The molecule has 2 aromatic rings. The van der Waals surface area contributed by atoms with Gasteiger partial charge in [0.05, 0.1) is 15.9 Å². The molecule has 1 unspecified atom stereocenters. The van der Waals surface area contributed by atoms with Crippen molar-refractivity contribution >= 4 is 27.3 Å². The highest BCUT2D eigenvalue weighted by Crippen LogP contribution is 2.24. The van der Waals surface area contributed by atoms with Crippen LogP contribution in [0.5, 0.6) is 0 Å². The SMILES string of the molecule is NC(=O)c1cc(S(=O)(=O)N(CCc2ccncc2)CC2CCCO2)cs1. The van der Waals surface area contributed by atoms with Crippen LogP contribution in [0.15, 0.2) is 40.9 Å². The summed E-state index contributed by atoms with van der Waals surface area (Å²) in [5.74, 6) is -0.626. The number of hydrogen-bond donors (Lipinski definition) is 1. The fourth-order valence-corrected chi connectivity index (χ4v) is 5.45. The van der Waals surface area contributed by atoms with Crippen molar-refractivity contribution in [1.82, 2.24) is 9.29 Å². The molecule has 0 aromatic carbocycles. The topological polar surface area (TPSA) is 103 Å². The Balaban J connectivity index is 1.81. The van der Waals surface area contributed by atoms with Crippen LogP contribution in [-0.4, -0.2) is 49.4 Å². The van der Waals surface area contributed by atoms with Crippen molar-refractivity contribution in [3.63, 3.8) is 0 Å². The van der Waals surface area contributed by atoms with Crippen molar-refractivity contribution in [3.05, 3.63) is 46.4 Å². The van der Waals surface area contributed by atoms with Gasteiger partial charge in [0.1, 0.15) is 0 Å². The summed E-state index contributed by atoms with van der Waals surface area (Å²) in [6, 6.07) is 5.08. The highest BCUT2D eigenvalue weighted by molar-refractivity contribution is 7.89. The minimum atomic E-state index is -3.73. The molecule has 3 rings (SSSR count). The van der Waals surface area contributed by atoms with Crippen LogP contribution in [0.2, 0.25) is 0 Å². The number of sulfonamides is 1. The summed E-state index contributed by atoms with van der Waals surface area (Å²) < 4.78 is 33.2. The van der Waals surface area contributed by atoms with E-state index >= 15 is 0 Å². The molecule has 1 atom stereocenters. The molecule has 1 fully saturated rings. The Morgan fingerprint density at radius 1 is 1.38 bits per heavy atom. The van der Waals surface area contributed by atoms with E-state index < -0.39 is 15.9 Å². The zero-order chi connectivity index (χ0) is 18.6. The van der Waals surface area contributed by atoms with E-state index in [-0.39, 0.29) is 15.9 Å². The standard InChI is InChI=1S/C17H21N3O4S2/c18-17(21)16-10-15(12-25-16)26(22,23)20(11-14-2-1-9-24-14)8-5-13-3-6-19-7-4-13/h3-4,6-7,10,12,14H,1-2,5,8-9,11H2,(H2,18,21). The van der Waals surface area contributed by atoms with Crippen LogP contribution in [0.25, 0.3) is 0 Å². The lowest BCUT2D eigenvalue weighted by Crippen LogP contribution is -2.38. The quantitative estimate of drug-likeness (QED) is 0.732. The van der Waals surface area contributed by atoms with Crippen LogP contribution >= 0.6 is 11.3 Å². The predicted molar refractivity (Wildman–Crippen MR) is 98.5 cm³/mol. The van der Waals surface area contributed by atoms with Crippen molar-refractivity contribution in [3.8, 4) is 0 Å². The van der Waals surface area contributed by atoms with E-state index in [2.05, 4.69) is 4.98 Å². The van der Waals surface area contributed by atoms with E-state index in [1.165, 1.54) is 15.8 Å². The summed E-state index contributed by atoms with van der Waals surface area (Å²) in [6.45, 7) is 1.29. The third-order valence-electron chi connectivity index (χ3n) is 4.29. The molecule has 0 bridgehead atoms. The Morgan fingerprint density at radius 2 is 2.15 bits per heavy atom. The van der Waals surface area contributed by atoms with Gasteiger partial charge in [0, 0.05) is 37.5 Å². The maximum absolute atomic E-state index is 13.1. The zero-order valence-corrected chi connectivity index (χ0v) is 15.8. The number of ether oxygens (including phenoxy) is 1. The summed E-state index contributed by atoms with van der Waals surface area (Å²) in [7, 11) is -3.73. The van der Waals surface area contributed by atoms with E-state index in [4.69, 9.17) is 10.5 Å². The lowest BCUT2D eigenvalue weighted by atomic mass is 10.2. The van der Waals surface area contributed by atoms with Crippen LogP contribution in [-0.2, 0) is 21.2 Å². The van der Waals surface area contributed by atoms with Crippen molar-refractivity contribution in [2.24, 2.45) is 5.73 Å². The van der Waals surface area contributed by atoms with Gasteiger partial charge < -0.3 is 10.5 Å². The van der Waals surface area contributed by atoms with Gasteiger partial charge in [-0.15, -0.1) is 11.3 Å². The molecule has 0 spiro atoms. The smallest absolute Gasteiger partial charge is 0.258 e. The molecule has 1 saturated heterocycles. The highest BCUT2D eigenvalue weighted by atomic mass is 32.2. The Morgan fingerprint density at radius 3 is 2.77 bits per heavy atom. The number of primary amides is 1. The van der Waals surface area contributed by atoms with Gasteiger partial charge in [0.2, 0.25) is 10.0 Å². The number of hydrogen-bond acceptors (Lipinski definition) is 6. The van der Waals surface area contributed by atoms with Crippen molar-refractivity contribution in [2.45, 2.75) is 30.3 Å². The van der Waals surface area contributed by atoms with Crippen LogP contribution in [0, 0.1) is 0 Å². The fraction of sp³-hybridized carbons (Fsp3) is 0.412. The minimum Gasteiger partial charge on any atom is -0.377 e. The van der Waals surface area contributed by atoms with Crippen LogP contribution in [0.4, 0.5) is 0 Å². The second kappa shape index (κ2) is 8.26. The number of pyridine rings is 1. The van der Waals surface area contributed by atoms with Crippen molar-refractivity contribution in [1.29, 1.82) is 0 Å². The summed E-state index contributed by atoms with van der Waals surface area (Å²) >= 11 is 1.04. The highest BCUT2D eigenvalue weighted by Gasteiger charge is 2.30. The van der Waals surface area contributed by atoms with Crippen molar-refractivity contribution in [2.75, 3.05) is 19.7 Å². The molecular weight excluding hydrogens is 374 g/mol. The molecule has 0 aliphatic carbocycles. The van der Waals surface area contributed by atoms with Gasteiger partial charge in [-0.3, -0.25) is 9.78 Å². The molecule has 140 valence electrons. The normalized spacial score (nSPS) is 17.7. The number of thiophene rings is 1. The average Bonchev–Trinajstić information content (AvgIpc) is 3.31. The average molecular weight is 396 g/mol. The molecule has 0 radical (unpaired) electrons. The second-order valence-corrected chi connectivity index (χ2v) is 8.96. The first-order valence-corrected chi connectivity index (χ1v) is 10.7.